The van der Waals surface area contributed by atoms with Gasteiger partial charge in [0.1, 0.15) is 0 Å². The Kier molecular flexibility index (Phi) is 5.89. The van der Waals surface area contributed by atoms with Gasteiger partial charge in [-0.2, -0.15) is 0 Å². The van der Waals surface area contributed by atoms with E-state index in [4.69, 9.17) is 18.9 Å². The number of rotatable bonds is 7. The zero-order chi connectivity index (χ0) is 18.4. The number of hydrogen-bond donors (Lipinski definition) is 1. The fraction of sp³-hybridized carbons (Fsp3) is 0.211. The van der Waals surface area contributed by atoms with Crippen LogP contribution >= 0.6 is 0 Å². The Labute approximate surface area is 146 Å². The van der Waals surface area contributed by atoms with E-state index in [0.29, 0.717) is 28.6 Å². The van der Waals surface area contributed by atoms with Crippen LogP contribution in [0, 0.1) is 0 Å². The van der Waals surface area contributed by atoms with Crippen molar-refractivity contribution in [3.05, 3.63) is 53.3 Å². The van der Waals surface area contributed by atoms with Crippen LogP contribution in [0.25, 0.3) is 6.08 Å². The van der Waals surface area contributed by atoms with Gasteiger partial charge in [0.2, 0.25) is 5.78 Å². The lowest BCUT2D eigenvalue weighted by Crippen LogP contribution is -2.04. The lowest BCUT2D eigenvalue weighted by molar-refractivity contribution is 0.0980. The first-order valence-electron chi connectivity index (χ1n) is 7.43. The molecule has 132 valence electrons. The van der Waals surface area contributed by atoms with Crippen molar-refractivity contribution in [1.29, 1.82) is 0 Å². The molecule has 0 fully saturated rings. The predicted molar refractivity (Wildman–Crippen MR) is 94.0 cm³/mol. The van der Waals surface area contributed by atoms with Gasteiger partial charge in [-0.25, -0.2) is 0 Å². The summed E-state index contributed by atoms with van der Waals surface area (Å²) in [6.07, 6.45) is 1.36. The highest BCUT2D eigenvalue weighted by molar-refractivity contribution is 6.09. The third kappa shape index (κ3) is 4.03. The summed E-state index contributed by atoms with van der Waals surface area (Å²) in [5, 5.41) is 10.2. The van der Waals surface area contributed by atoms with Gasteiger partial charge < -0.3 is 24.1 Å². The molecule has 0 aromatic heterocycles. The van der Waals surface area contributed by atoms with Crippen LogP contribution < -0.4 is 18.9 Å². The summed E-state index contributed by atoms with van der Waals surface area (Å²) in [6, 6.07) is 9.74. The summed E-state index contributed by atoms with van der Waals surface area (Å²) >= 11 is 0. The molecule has 2 aromatic carbocycles. The third-order valence-corrected chi connectivity index (χ3v) is 3.59. The second kappa shape index (κ2) is 8.10. The summed E-state index contributed by atoms with van der Waals surface area (Å²) in [7, 11) is 6.03. The Hall–Kier alpha value is -3.15. The molecule has 2 aromatic rings. The quantitative estimate of drug-likeness (QED) is 0.471. The fourth-order valence-electron chi connectivity index (χ4n) is 2.29. The van der Waals surface area contributed by atoms with Crippen LogP contribution in [0.1, 0.15) is 15.9 Å². The first-order valence-corrected chi connectivity index (χ1v) is 7.43. The average molecular weight is 344 g/mol. The first kappa shape index (κ1) is 18.2. The zero-order valence-electron chi connectivity index (χ0n) is 14.5. The lowest BCUT2D eigenvalue weighted by Gasteiger charge is -2.09. The average Bonchev–Trinajstić information content (AvgIpc) is 2.66. The van der Waals surface area contributed by atoms with E-state index in [-0.39, 0.29) is 5.56 Å². The molecular formula is C19H20O6. The SMILES string of the molecule is COc1ccc(/C=C(\O)C(=O)c2ccc(OC)c(OC)c2)cc1OC. The van der Waals surface area contributed by atoms with E-state index < -0.39 is 11.5 Å². The number of carbonyl (C=O) groups is 1. The van der Waals surface area contributed by atoms with E-state index in [2.05, 4.69) is 0 Å². The second-order valence-electron chi connectivity index (χ2n) is 5.04. The van der Waals surface area contributed by atoms with Crippen molar-refractivity contribution in [1.82, 2.24) is 0 Å². The smallest absolute Gasteiger partial charge is 0.227 e. The van der Waals surface area contributed by atoms with Crippen molar-refractivity contribution < 1.29 is 28.8 Å². The standard InChI is InChI=1S/C19H20O6/c1-22-15-7-5-12(10-17(15)24-3)9-14(20)19(21)13-6-8-16(23-2)18(11-13)25-4/h5-11,20H,1-4H3/b14-9-. The molecule has 0 heterocycles. The number of carbonyl (C=O) groups excluding carboxylic acids is 1. The molecule has 0 bridgehead atoms. The van der Waals surface area contributed by atoms with Gasteiger partial charge in [-0.1, -0.05) is 6.07 Å². The Morgan fingerprint density at radius 2 is 1.32 bits per heavy atom. The summed E-state index contributed by atoms with van der Waals surface area (Å²) in [5.41, 5.74) is 0.885. The predicted octanol–water partition coefficient (Wildman–Crippen LogP) is 3.50. The molecule has 0 radical (unpaired) electrons. The van der Waals surface area contributed by atoms with Crippen LogP contribution in [0.5, 0.6) is 23.0 Å². The molecule has 6 nitrogen and oxygen atoms in total. The van der Waals surface area contributed by atoms with Gasteiger partial charge in [0.05, 0.1) is 28.4 Å². The number of Topliss-reactive ketones (excluding diaryl/α,β-unsaturated/α-hetero) is 1. The first-order chi connectivity index (χ1) is 12.0. The molecule has 0 saturated carbocycles. The number of methoxy groups -OCH3 is 4. The van der Waals surface area contributed by atoms with Gasteiger partial charge in [0, 0.05) is 5.56 Å². The Morgan fingerprint density at radius 1 is 0.800 bits per heavy atom. The maximum absolute atomic E-state index is 12.4. The largest absolute Gasteiger partial charge is 0.504 e. The van der Waals surface area contributed by atoms with E-state index in [9.17, 15) is 9.90 Å². The highest BCUT2D eigenvalue weighted by Gasteiger charge is 2.15. The number of aliphatic hydroxyl groups is 1. The molecule has 0 unspecified atom stereocenters. The molecule has 0 saturated heterocycles. The normalized spacial score (nSPS) is 11.0. The van der Waals surface area contributed by atoms with Gasteiger partial charge in [0.15, 0.2) is 28.8 Å². The number of aliphatic hydroxyl groups excluding tert-OH is 1. The lowest BCUT2D eigenvalue weighted by atomic mass is 10.1. The molecule has 1 N–H and O–H groups in total. The molecule has 0 aliphatic carbocycles. The molecule has 0 spiro atoms. The Bertz CT molecular complexity index is 794. The summed E-state index contributed by atoms with van der Waals surface area (Å²) in [6.45, 7) is 0. The summed E-state index contributed by atoms with van der Waals surface area (Å²) in [5.74, 6) is 1.04. The summed E-state index contributed by atoms with van der Waals surface area (Å²) < 4.78 is 20.7. The highest BCUT2D eigenvalue weighted by Crippen LogP contribution is 2.30. The molecular weight excluding hydrogens is 324 g/mol. The van der Waals surface area contributed by atoms with E-state index >= 15 is 0 Å². The van der Waals surface area contributed by atoms with E-state index in [1.165, 1.54) is 40.6 Å². The molecule has 0 amide bonds. The number of allylic oxidation sites excluding steroid dienone is 1. The zero-order valence-corrected chi connectivity index (χ0v) is 14.5. The van der Waals surface area contributed by atoms with Gasteiger partial charge in [-0.05, 0) is 42.0 Å². The molecule has 0 aliphatic heterocycles. The Balaban J connectivity index is 2.32. The van der Waals surface area contributed by atoms with Gasteiger partial charge in [-0.3, -0.25) is 4.79 Å². The van der Waals surface area contributed by atoms with Crippen LogP contribution in [-0.4, -0.2) is 39.3 Å². The number of ketones is 1. The minimum Gasteiger partial charge on any atom is -0.504 e. The topological polar surface area (TPSA) is 74.2 Å². The molecule has 0 aliphatic rings. The number of benzene rings is 2. The number of ether oxygens (including phenoxy) is 4. The number of hydrogen-bond acceptors (Lipinski definition) is 6. The summed E-state index contributed by atoms with van der Waals surface area (Å²) in [4.78, 5) is 12.4. The third-order valence-electron chi connectivity index (χ3n) is 3.59. The van der Waals surface area contributed by atoms with Crippen LogP contribution in [0.2, 0.25) is 0 Å². The molecule has 0 atom stereocenters. The maximum atomic E-state index is 12.4. The van der Waals surface area contributed by atoms with Gasteiger partial charge in [-0.15, -0.1) is 0 Å². The Morgan fingerprint density at radius 3 is 1.88 bits per heavy atom. The van der Waals surface area contributed by atoms with Crippen molar-refractivity contribution >= 4 is 11.9 Å². The van der Waals surface area contributed by atoms with Gasteiger partial charge >= 0.3 is 0 Å². The van der Waals surface area contributed by atoms with E-state index in [0.717, 1.165) is 0 Å². The maximum Gasteiger partial charge on any atom is 0.227 e. The van der Waals surface area contributed by atoms with Crippen LogP contribution in [0.4, 0.5) is 0 Å². The molecule has 2 rings (SSSR count). The van der Waals surface area contributed by atoms with Crippen LogP contribution in [0.3, 0.4) is 0 Å². The van der Waals surface area contributed by atoms with Crippen LogP contribution in [0.15, 0.2) is 42.2 Å². The molecule has 6 heteroatoms. The van der Waals surface area contributed by atoms with Gasteiger partial charge in [0.25, 0.3) is 0 Å². The molecule has 25 heavy (non-hydrogen) atoms. The van der Waals surface area contributed by atoms with Crippen LogP contribution in [-0.2, 0) is 0 Å². The monoisotopic (exact) mass is 344 g/mol. The highest BCUT2D eigenvalue weighted by atomic mass is 16.5. The fourth-order valence-corrected chi connectivity index (χ4v) is 2.29. The van der Waals surface area contributed by atoms with Crippen molar-refractivity contribution in [2.45, 2.75) is 0 Å². The van der Waals surface area contributed by atoms with E-state index in [1.807, 2.05) is 0 Å². The van der Waals surface area contributed by atoms with Crippen molar-refractivity contribution in [2.24, 2.45) is 0 Å². The van der Waals surface area contributed by atoms with Crippen molar-refractivity contribution in [2.75, 3.05) is 28.4 Å². The van der Waals surface area contributed by atoms with Crippen molar-refractivity contribution in [3.8, 4) is 23.0 Å². The second-order valence-corrected chi connectivity index (χ2v) is 5.04. The minimum atomic E-state index is -0.532. The van der Waals surface area contributed by atoms with Crippen molar-refractivity contribution in [3.63, 3.8) is 0 Å². The van der Waals surface area contributed by atoms with E-state index in [1.54, 1.807) is 30.3 Å². The minimum absolute atomic E-state index is 0.284.